The normalized spacial score (nSPS) is 10.7. The van der Waals surface area contributed by atoms with Crippen molar-refractivity contribution in [3.05, 3.63) is 41.3 Å². The van der Waals surface area contributed by atoms with E-state index in [0.717, 1.165) is 15.8 Å². The van der Waals surface area contributed by atoms with E-state index < -0.39 is 5.97 Å². The molecular formula is C13H9N3O3S. The largest absolute Gasteiger partial charge is 0.478 e. The van der Waals surface area contributed by atoms with E-state index in [1.54, 1.807) is 0 Å². The molecular weight excluding hydrogens is 278 g/mol. The number of pyridine rings is 1. The standard InChI is InChI=1S/C13H9N3O3S/c1-7-5-20-11-10(7)15-6-16-12(11)19-9-4-14-3-2-8(9)13(17)18/h2-6H,1H3,(H,17,18). The third kappa shape index (κ3) is 2.08. The Balaban J connectivity index is 2.08. The van der Waals surface area contributed by atoms with Crippen LogP contribution in [0.1, 0.15) is 15.9 Å². The molecule has 0 bridgehead atoms. The van der Waals surface area contributed by atoms with E-state index in [-0.39, 0.29) is 11.3 Å². The van der Waals surface area contributed by atoms with Gasteiger partial charge in [0.25, 0.3) is 0 Å². The Morgan fingerprint density at radius 1 is 1.40 bits per heavy atom. The quantitative estimate of drug-likeness (QED) is 0.797. The number of carboxylic acids is 1. The summed E-state index contributed by atoms with van der Waals surface area (Å²) in [5.41, 5.74) is 1.88. The van der Waals surface area contributed by atoms with Gasteiger partial charge in [-0.25, -0.2) is 14.8 Å². The number of nitrogens with zero attached hydrogens (tertiary/aromatic N) is 3. The third-order valence-electron chi connectivity index (χ3n) is 2.72. The Bertz CT molecular complexity index is 800. The van der Waals surface area contributed by atoms with E-state index in [1.807, 2.05) is 12.3 Å². The molecule has 1 N–H and O–H groups in total. The van der Waals surface area contributed by atoms with Crippen molar-refractivity contribution >= 4 is 27.5 Å². The second kappa shape index (κ2) is 4.86. The van der Waals surface area contributed by atoms with Crippen molar-refractivity contribution in [1.82, 2.24) is 15.0 Å². The van der Waals surface area contributed by atoms with Gasteiger partial charge in [-0.3, -0.25) is 4.98 Å². The number of hydrogen-bond acceptors (Lipinski definition) is 6. The number of carboxylic acid groups (broad SMARTS) is 1. The summed E-state index contributed by atoms with van der Waals surface area (Å²) >= 11 is 1.46. The van der Waals surface area contributed by atoms with Crippen molar-refractivity contribution in [2.75, 3.05) is 0 Å². The van der Waals surface area contributed by atoms with Crippen LogP contribution in [-0.2, 0) is 0 Å². The molecule has 0 saturated heterocycles. The van der Waals surface area contributed by atoms with Crippen molar-refractivity contribution in [2.45, 2.75) is 6.92 Å². The van der Waals surface area contributed by atoms with Gasteiger partial charge in [-0.15, -0.1) is 11.3 Å². The van der Waals surface area contributed by atoms with Gasteiger partial charge in [-0.2, -0.15) is 0 Å². The van der Waals surface area contributed by atoms with E-state index in [2.05, 4.69) is 15.0 Å². The molecule has 0 fully saturated rings. The van der Waals surface area contributed by atoms with Crippen LogP contribution in [-0.4, -0.2) is 26.0 Å². The second-order valence-corrected chi connectivity index (χ2v) is 4.93. The van der Waals surface area contributed by atoms with Gasteiger partial charge in [0.05, 0.1) is 11.7 Å². The molecule has 0 spiro atoms. The highest BCUT2D eigenvalue weighted by Crippen LogP contribution is 2.33. The maximum atomic E-state index is 11.1. The van der Waals surface area contributed by atoms with Gasteiger partial charge in [0.1, 0.15) is 16.6 Å². The predicted molar refractivity (Wildman–Crippen MR) is 73.4 cm³/mol. The minimum absolute atomic E-state index is 0.0417. The second-order valence-electron chi connectivity index (χ2n) is 4.05. The van der Waals surface area contributed by atoms with Crippen LogP contribution in [0.5, 0.6) is 11.6 Å². The Labute approximate surface area is 117 Å². The van der Waals surface area contributed by atoms with Crippen LogP contribution in [0, 0.1) is 6.92 Å². The van der Waals surface area contributed by atoms with Gasteiger partial charge in [0.2, 0.25) is 5.88 Å². The van der Waals surface area contributed by atoms with Gasteiger partial charge in [-0.05, 0) is 23.9 Å². The van der Waals surface area contributed by atoms with Gasteiger partial charge < -0.3 is 9.84 Å². The number of thiophene rings is 1. The number of ether oxygens (including phenoxy) is 1. The monoisotopic (exact) mass is 287 g/mol. The summed E-state index contributed by atoms with van der Waals surface area (Å²) < 4.78 is 6.40. The first-order valence-corrected chi connectivity index (χ1v) is 6.58. The predicted octanol–water partition coefficient (Wildman–Crippen LogP) is 2.89. The lowest BCUT2D eigenvalue weighted by Gasteiger charge is -2.07. The summed E-state index contributed by atoms with van der Waals surface area (Å²) in [5.74, 6) is -0.579. The number of hydrogen-bond donors (Lipinski definition) is 1. The minimum Gasteiger partial charge on any atom is -0.478 e. The van der Waals surface area contributed by atoms with E-state index in [0.29, 0.717) is 5.88 Å². The zero-order valence-electron chi connectivity index (χ0n) is 10.4. The number of aromatic nitrogens is 3. The summed E-state index contributed by atoms with van der Waals surface area (Å²) in [7, 11) is 0. The Morgan fingerprint density at radius 3 is 3.05 bits per heavy atom. The summed E-state index contributed by atoms with van der Waals surface area (Å²) in [6.07, 6.45) is 4.16. The van der Waals surface area contributed by atoms with E-state index in [1.165, 1.54) is 36.1 Å². The van der Waals surface area contributed by atoms with Crippen molar-refractivity contribution in [1.29, 1.82) is 0 Å². The zero-order valence-corrected chi connectivity index (χ0v) is 11.2. The summed E-state index contributed by atoms with van der Waals surface area (Å²) in [6, 6.07) is 1.38. The summed E-state index contributed by atoms with van der Waals surface area (Å²) in [4.78, 5) is 23.3. The van der Waals surface area contributed by atoms with Crippen LogP contribution < -0.4 is 4.74 Å². The van der Waals surface area contributed by atoms with Gasteiger partial charge in [0, 0.05) is 6.20 Å². The average Bonchev–Trinajstić information content (AvgIpc) is 2.82. The number of aryl methyl sites for hydroxylation is 1. The lowest BCUT2D eigenvalue weighted by molar-refractivity contribution is 0.0694. The topological polar surface area (TPSA) is 85.2 Å². The molecule has 100 valence electrons. The Morgan fingerprint density at radius 2 is 2.25 bits per heavy atom. The molecule has 0 aliphatic heterocycles. The van der Waals surface area contributed by atoms with E-state index in [4.69, 9.17) is 9.84 Å². The molecule has 20 heavy (non-hydrogen) atoms. The number of rotatable bonds is 3. The highest BCUT2D eigenvalue weighted by atomic mass is 32.1. The number of carbonyl (C=O) groups is 1. The maximum Gasteiger partial charge on any atom is 0.339 e. The molecule has 3 heterocycles. The van der Waals surface area contributed by atoms with Gasteiger partial charge in [-0.1, -0.05) is 0 Å². The molecule has 0 aliphatic carbocycles. The zero-order chi connectivity index (χ0) is 14.1. The molecule has 0 aliphatic rings. The van der Waals surface area contributed by atoms with Gasteiger partial charge in [0.15, 0.2) is 5.75 Å². The lowest BCUT2D eigenvalue weighted by atomic mass is 10.2. The minimum atomic E-state index is -1.07. The molecule has 0 amide bonds. The fourth-order valence-electron chi connectivity index (χ4n) is 1.76. The van der Waals surface area contributed by atoms with Crippen LogP contribution in [0.3, 0.4) is 0 Å². The van der Waals surface area contributed by atoms with Crippen molar-refractivity contribution in [3.8, 4) is 11.6 Å². The Kier molecular flexibility index (Phi) is 3.03. The summed E-state index contributed by atoms with van der Waals surface area (Å²) in [5, 5.41) is 11.1. The van der Waals surface area contributed by atoms with E-state index >= 15 is 0 Å². The van der Waals surface area contributed by atoms with Gasteiger partial charge >= 0.3 is 5.97 Å². The SMILES string of the molecule is Cc1csc2c(Oc3cnccc3C(=O)O)ncnc12. The molecule has 6 nitrogen and oxygen atoms in total. The smallest absolute Gasteiger partial charge is 0.339 e. The molecule has 0 atom stereocenters. The molecule has 3 aromatic heterocycles. The van der Waals surface area contributed by atoms with Crippen LogP contribution in [0.4, 0.5) is 0 Å². The summed E-state index contributed by atoms with van der Waals surface area (Å²) in [6.45, 7) is 1.95. The first-order chi connectivity index (χ1) is 9.66. The molecule has 3 aromatic rings. The lowest BCUT2D eigenvalue weighted by Crippen LogP contribution is -2.01. The fraction of sp³-hybridized carbons (Fsp3) is 0.0769. The molecule has 0 aromatic carbocycles. The molecule has 0 saturated carbocycles. The van der Waals surface area contributed by atoms with Crippen LogP contribution in [0.15, 0.2) is 30.2 Å². The van der Waals surface area contributed by atoms with Crippen LogP contribution in [0.25, 0.3) is 10.2 Å². The van der Waals surface area contributed by atoms with Crippen molar-refractivity contribution in [3.63, 3.8) is 0 Å². The first kappa shape index (κ1) is 12.5. The molecule has 7 heteroatoms. The van der Waals surface area contributed by atoms with Crippen LogP contribution >= 0.6 is 11.3 Å². The first-order valence-electron chi connectivity index (χ1n) is 5.71. The highest BCUT2D eigenvalue weighted by molar-refractivity contribution is 7.17. The Hall–Kier alpha value is -2.54. The highest BCUT2D eigenvalue weighted by Gasteiger charge is 2.15. The third-order valence-corrected chi connectivity index (χ3v) is 3.79. The fourth-order valence-corrected chi connectivity index (χ4v) is 2.69. The van der Waals surface area contributed by atoms with Crippen LogP contribution in [0.2, 0.25) is 0 Å². The average molecular weight is 287 g/mol. The molecule has 3 rings (SSSR count). The van der Waals surface area contributed by atoms with Crippen molar-refractivity contribution in [2.24, 2.45) is 0 Å². The number of aromatic carboxylic acids is 1. The number of fused-ring (bicyclic) bond motifs is 1. The van der Waals surface area contributed by atoms with E-state index in [9.17, 15) is 4.79 Å². The molecule has 0 radical (unpaired) electrons. The maximum absolute atomic E-state index is 11.1. The molecule has 0 unspecified atom stereocenters. The van der Waals surface area contributed by atoms with Crippen molar-refractivity contribution < 1.29 is 14.6 Å².